The molecule has 0 aliphatic rings. The van der Waals surface area contributed by atoms with Gasteiger partial charge in [0.25, 0.3) is 0 Å². The lowest BCUT2D eigenvalue weighted by atomic mass is 10.1. The van der Waals surface area contributed by atoms with E-state index in [9.17, 15) is 0 Å². The van der Waals surface area contributed by atoms with Crippen molar-refractivity contribution in [3.8, 4) is 0 Å². The van der Waals surface area contributed by atoms with Gasteiger partial charge in [-0.15, -0.1) is 0 Å². The average Bonchev–Trinajstić information content (AvgIpc) is 2.38. The van der Waals surface area contributed by atoms with E-state index in [4.69, 9.17) is 0 Å². The van der Waals surface area contributed by atoms with Gasteiger partial charge in [-0.2, -0.15) is 0 Å². The second-order valence-corrected chi connectivity index (χ2v) is 6.99. The number of benzene rings is 1. The minimum Gasteiger partial charge on any atom is -0.253 e. The molecule has 2 aromatic heterocycles. The smallest absolute Gasteiger partial charge is 0.0977 e. The van der Waals surface area contributed by atoms with Crippen LogP contribution in [-0.4, -0.2) is 9.97 Å². The van der Waals surface area contributed by atoms with Gasteiger partial charge in [0, 0.05) is 32.1 Å². The Hall–Kier alpha value is -0.0400. The summed E-state index contributed by atoms with van der Waals surface area (Å²) in [6.07, 6.45) is 3.56. The highest BCUT2D eigenvalue weighted by molar-refractivity contribution is 9.13. The first-order valence-electron chi connectivity index (χ1n) is 4.96. The van der Waals surface area contributed by atoms with Crippen LogP contribution in [0.3, 0.4) is 0 Å². The van der Waals surface area contributed by atoms with Crippen molar-refractivity contribution in [3.05, 3.63) is 42.4 Å². The highest BCUT2D eigenvalue weighted by Gasteiger charge is 2.11. The fourth-order valence-corrected chi connectivity index (χ4v) is 3.28. The summed E-state index contributed by atoms with van der Waals surface area (Å²) in [4.78, 5) is 8.93. The van der Waals surface area contributed by atoms with E-state index in [1.54, 1.807) is 12.4 Å². The van der Waals surface area contributed by atoms with Crippen LogP contribution in [0.2, 0.25) is 0 Å². The molecule has 0 radical (unpaired) electrons. The summed E-state index contributed by atoms with van der Waals surface area (Å²) >= 11 is 14.0. The molecule has 3 rings (SSSR count). The summed E-state index contributed by atoms with van der Waals surface area (Å²) in [6.45, 7) is 0. The molecule has 0 spiro atoms. The van der Waals surface area contributed by atoms with Crippen molar-refractivity contribution in [3.63, 3.8) is 0 Å². The van der Waals surface area contributed by atoms with Gasteiger partial charge in [0.1, 0.15) is 0 Å². The maximum Gasteiger partial charge on any atom is 0.0977 e. The number of nitrogens with zero attached hydrogens (tertiary/aromatic N) is 2. The Morgan fingerprint density at radius 2 is 1.06 bits per heavy atom. The predicted molar refractivity (Wildman–Crippen MR) is 87.8 cm³/mol. The summed E-state index contributed by atoms with van der Waals surface area (Å²) in [7, 11) is 0. The molecule has 2 nitrogen and oxygen atoms in total. The molecule has 90 valence electrons. The molecule has 0 atom stereocenters. The molecule has 0 aliphatic carbocycles. The Labute approximate surface area is 137 Å². The van der Waals surface area contributed by atoms with Crippen molar-refractivity contribution in [1.82, 2.24) is 9.97 Å². The monoisotopic (exact) mass is 492 g/mol. The van der Waals surface area contributed by atoms with Crippen LogP contribution >= 0.6 is 63.7 Å². The molecule has 1 aromatic carbocycles. The van der Waals surface area contributed by atoms with Gasteiger partial charge in [-0.1, -0.05) is 12.1 Å². The maximum absolute atomic E-state index is 4.46. The number of halogens is 4. The third-order valence-electron chi connectivity index (χ3n) is 2.66. The molecule has 0 amide bonds. The van der Waals surface area contributed by atoms with Gasteiger partial charge >= 0.3 is 0 Å². The molecule has 6 heteroatoms. The Bertz CT molecular complexity index is 719. The summed E-state index contributed by atoms with van der Waals surface area (Å²) in [5.74, 6) is 0. The molecule has 0 fully saturated rings. The van der Waals surface area contributed by atoms with Crippen LogP contribution in [0.1, 0.15) is 0 Å². The number of pyridine rings is 2. The Balaban J connectivity index is 2.56. The lowest BCUT2D eigenvalue weighted by Gasteiger charge is -2.07. The zero-order valence-electron chi connectivity index (χ0n) is 8.72. The number of hydrogen-bond donors (Lipinski definition) is 0. The quantitative estimate of drug-likeness (QED) is 0.367. The molecule has 0 unspecified atom stereocenters. The molecular weight excluding hydrogens is 492 g/mol. The first kappa shape index (κ1) is 13.0. The van der Waals surface area contributed by atoms with E-state index in [0.717, 1.165) is 39.7 Å². The SMILES string of the molecule is Brc1cnc2c(ccc3c(Br)c(Br)cnc32)c1Br. The lowest BCUT2D eigenvalue weighted by Crippen LogP contribution is -1.88. The largest absolute Gasteiger partial charge is 0.253 e. The lowest BCUT2D eigenvalue weighted by molar-refractivity contribution is 1.34. The van der Waals surface area contributed by atoms with Crippen LogP contribution in [0.5, 0.6) is 0 Å². The van der Waals surface area contributed by atoms with E-state index >= 15 is 0 Å². The molecule has 0 saturated heterocycles. The van der Waals surface area contributed by atoms with Crippen molar-refractivity contribution in [2.75, 3.05) is 0 Å². The fourth-order valence-electron chi connectivity index (χ4n) is 1.81. The summed E-state index contributed by atoms with van der Waals surface area (Å²) in [6, 6.07) is 4.08. The second kappa shape index (κ2) is 4.81. The maximum atomic E-state index is 4.46. The van der Waals surface area contributed by atoms with E-state index in [2.05, 4.69) is 73.7 Å². The molecule has 3 aromatic rings. The topological polar surface area (TPSA) is 25.8 Å². The van der Waals surface area contributed by atoms with Crippen molar-refractivity contribution < 1.29 is 0 Å². The summed E-state index contributed by atoms with van der Waals surface area (Å²) in [5.41, 5.74) is 1.77. The minimum absolute atomic E-state index is 0.885. The van der Waals surface area contributed by atoms with Crippen LogP contribution in [-0.2, 0) is 0 Å². The van der Waals surface area contributed by atoms with Crippen molar-refractivity contribution in [1.29, 1.82) is 0 Å². The molecular formula is C12H4Br4N2. The number of aromatic nitrogens is 2. The van der Waals surface area contributed by atoms with Gasteiger partial charge < -0.3 is 0 Å². The Kier molecular flexibility index (Phi) is 3.47. The van der Waals surface area contributed by atoms with Crippen molar-refractivity contribution in [2.45, 2.75) is 0 Å². The van der Waals surface area contributed by atoms with Crippen LogP contribution in [0.25, 0.3) is 21.8 Å². The minimum atomic E-state index is 0.885. The Morgan fingerprint density at radius 3 is 1.44 bits per heavy atom. The van der Waals surface area contributed by atoms with Crippen molar-refractivity contribution in [2.24, 2.45) is 0 Å². The van der Waals surface area contributed by atoms with Gasteiger partial charge in [-0.25, -0.2) is 0 Å². The van der Waals surface area contributed by atoms with Gasteiger partial charge in [-0.05, 0) is 63.7 Å². The second-order valence-electron chi connectivity index (χ2n) is 3.70. The van der Waals surface area contributed by atoms with Gasteiger partial charge in [0.15, 0.2) is 0 Å². The van der Waals surface area contributed by atoms with Gasteiger partial charge in [0.2, 0.25) is 0 Å². The molecule has 18 heavy (non-hydrogen) atoms. The van der Waals surface area contributed by atoms with Crippen molar-refractivity contribution >= 4 is 85.5 Å². The summed E-state index contributed by atoms with van der Waals surface area (Å²) in [5, 5.41) is 2.08. The number of hydrogen-bond acceptors (Lipinski definition) is 2. The highest BCUT2D eigenvalue weighted by Crippen LogP contribution is 2.36. The highest BCUT2D eigenvalue weighted by atomic mass is 79.9. The molecule has 2 heterocycles. The van der Waals surface area contributed by atoms with E-state index in [-0.39, 0.29) is 0 Å². The zero-order chi connectivity index (χ0) is 12.9. The molecule has 0 aliphatic heterocycles. The van der Waals surface area contributed by atoms with Crippen LogP contribution in [0, 0.1) is 0 Å². The molecule has 0 saturated carbocycles. The average molecular weight is 496 g/mol. The molecule has 0 bridgehead atoms. The zero-order valence-corrected chi connectivity index (χ0v) is 15.1. The standard InChI is InChI=1S/C12H4Br4N2/c13-7-3-17-11-5(9(7)15)1-2-6-10(16)8(14)4-18-12(6)11/h1-4H. The third kappa shape index (κ3) is 1.94. The van der Waals surface area contributed by atoms with E-state index < -0.39 is 0 Å². The van der Waals surface area contributed by atoms with E-state index in [0.29, 0.717) is 0 Å². The normalized spacial score (nSPS) is 11.3. The van der Waals surface area contributed by atoms with Crippen LogP contribution in [0.15, 0.2) is 42.4 Å². The number of fused-ring (bicyclic) bond motifs is 3. The Morgan fingerprint density at radius 1 is 0.667 bits per heavy atom. The summed E-state index contributed by atoms with van der Waals surface area (Å²) < 4.78 is 3.86. The third-order valence-corrected chi connectivity index (χ3v) is 6.63. The fraction of sp³-hybridized carbons (Fsp3) is 0. The van der Waals surface area contributed by atoms with Gasteiger partial charge in [-0.3, -0.25) is 9.97 Å². The number of rotatable bonds is 0. The van der Waals surface area contributed by atoms with E-state index in [1.807, 2.05) is 12.1 Å². The first-order valence-corrected chi connectivity index (χ1v) is 8.13. The van der Waals surface area contributed by atoms with Crippen LogP contribution < -0.4 is 0 Å². The first-order chi connectivity index (χ1) is 8.59. The predicted octanol–water partition coefficient (Wildman–Crippen LogP) is 5.83. The van der Waals surface area contributed by atoms with E-state index in [1.165, 1.54) is 0 Å². The van der Waals surface area contributed by atoms with Crippen LogP contribution in [0.4, 0.5) is 0 Å². The van der Waals surface area contributed by atoms with Gasteiger partial charge in [0.05, 0.1) is 20.0 Å². The molecule has 0 N–H and O–H groups in total.